The molecule has 0 aliphatic heterocycles. The maximum absolute atomic E-state index is 5.23. The summed E-state index contributed by atoms with van der Waals surface area (Å²) in [5, 5.41) is 0. The number of fused-ring (bicyclic) bond motifs is 1. The van der Waals surface area contributed by atoms with Crippen molar-refractivity contribution in [2.45, 2.75) is 6.92 Å². The molecule has 4 heteroatoms. The van der Waals surface area contributed by atoms with Gasteiger partial charge >= 0.3 is 0 Å². The Morgan fingerprint density at radius 1 is 1.50 bits per heavy atom. The predicted molar refractivity (Wildman–Crippen MR) is 53.8 cm³/mol. The van der Waals surface area contributed by atoms with E-state index in [-0.39, 0.29) is 0 Å². The average molecular weight is 244 g/mol. The highest BCUT2D eigenvalue weighted by Gasteiger charge is 2.04. The molecule has 1 aromatic heterocycles. The Morgan fingerprint density at radius 3 is 3.00 bits per heavy atom. The summed E-state index contributed by atoms with van der Waals surface area (Å²) >= 11 is 8.33. The molecule has 1 aromatic carbocycles. The summed E-state index contributed by atoms with van der Waals surface area (Å²) in [6.45, 7) is 2.02. The van der Waals surface area contributed by atoms with E-state index >= 15 is 0 Å². The Kier molecular flexibility index (Phi) is 1.81. The highest BCUT2D eigenvalue weighted by atomic mass is 79.9. The monoisotopic (exact) mass is 243 g/mol. The van der Waals surface area contributed by atoms with Gasteiger partial charge in [-0.3, -0.25) is 0 Å². The lowest BCUT2D eigenvalue weighted by molar-refractivity contribution is 0.583. The van der Waals surface area contributed by atoms with E-state index in [9.17, 15) is 0 Å². The van der Waals surface area contributed by atoms with Gasteiger partial charge in [0, 0.05) is 4.47 Å². The second kappa shape index (κ2) is 2.71. The van der Waals surface area contributed by atoms with Gasteiger partial charge in [0.2, 0.25) is 0 Å². The van der Waals surface area contributed by atoms with Gasteiger partial charge in [0.05, 0.1) is 5.52 Å². The fraction of sp³-hybridized carbons (Fsp3) is 0.125. The number of hydrogen-bond acceptors (Lipinski definition) is 2. The number of aryl methyl sites for hydroxylation is 1. The molecule has 2 aromatic rings. The zero-order valence-electron chi connectivity index (χ0n) is 6.35. The van der Waals surface area contributed by atoms with Crippen LogP contribution in [0.3, 0.4) is 0 Å². The van der Waals surface area contributed by atoms with Gasteiger partial charge in [-0.1, -0.05) is 6.07 Å². The molecular formula is C8H6BrNOS. The van der Waals surface area contributed by atoms with Gasteiger partial charge in [0.25, 0.3) is 4.84 Å². The smallest absolute Gasteiger partial charge is 0.266 e. The van der Waals surface area contributed by atoms with Gasteiger partial charge in [-0.05, 0) is 46.7 Å². The molecule has 0 radical (unpaired) electrons. The Balaban J connectivity index is 2.99. The van der Waals surface area contributed by atoms with Crippen molar-refractivity contribution >= 4 is 39.2 Å². The molecule has 0 fully saturated rings. The van der Waals surface area contributed by atoms with Gasteiger partial charge in [-0.25, -0.2) is 0 Å². The summed E-state index contributed by atoms with van der Waals surface area (Å²) < 4.78 is 6.25. The molecule has 1 heterocycles. The van der Waals surface area contributed by atoms with Crippen molar-refractivity contribution < 1.29 is 4.42 Å². The Labute approximate surface area is 82.7 Å². The fourth-order valence-electron chi connectivity index (χ4n) is 1.09. The summed E-state index contributed by atoms with van der Waals surface area (Å²) in [5.41, 5.74) is 2.88. The van der Waals surface area contributed by atoms with Crippen LogP contribution in [0.5, 0.6) is 0 Å². The van der Waals surface area contributed by atoms with Gasteiger partial charge < -0.3 is 9.40 Å². The number of halogens is 1. The number of aromatic amines is 1. The number of H-pyrrole nitrogens is 1. The lowest BCUT2D eigenvalue weighted by Gasteiger charge is -1.95. The van der Waals surface area contributed by atoms with Crippen molar-refractivity contribution in [2.24, 2.45) is 0 Å². The van der Waals surface area contributed by atoms with Crippen LogP contribution in [0.2, 0.25) is 0 Å². The van der Waals surface area contributed by atoms with E-state index in [1.54, 1.807) is 0 Å². The summed E-state index contributed by atoms with van der Waals surface area (Å²) in [6.07, 6.45) is 0. The molecule has 0 saturated carbocycles. The van der Waals surface area contributed by atoms with Crippen LogP contribution in [0.15, 0.2) is 21.0 Å². The van der Waals surface area contributed by atoms with E-state index < -0.39 is 0 Å². The first-order valence-electron chi connectivity index (χ1n) is 3.46. The minimum absolute atomic E-state index is 0.413. The topological polar surface area (TPSA) is 28.9 Å². The summed E-state index contributed by atoms with van der Waals surface area (Å²) in [5.74, 6) is 0. The number of oxazole rings is 1. The van der Waals surface area contributed by atoms with E-state index in [4.69, 9.17) is 16.6 Å². The molecule has 12 heavy (non-hydrogen) atoms. The molecule has 0 unspecified atom stereocenters. The van der Waals surface area contributed by atoms with Gasteiger partial charge in [-0.15, -0.1) is 0 Å². The molecule has 0 spiro atoms. The summed E-state index contributed by atoms with van der Waals surface area (Å²) in [7, 11) is 0. The first-order valence-corrected chi connectivity index (χ1v) is 4.66. The molecule has 62 valence electrons. The third-order valence-electron chi connectivity index (χ3n) is 1.73. The number of hydrogen-bond donors (Lipinski definition) is 1. The second-order valence-corrected chi connectivity index (χ2v) is 3.75. The lowest BCUT2D eigenvalue weighted by Crippen LogP contribution is -1.76. The maximum Gasteiger partial charge on any atom is 0.266 e. The van der Waals surface area contributed by atoms with Gasteiger partial charge in [-0.2, -0.15) is 0 Å². The van der Waals surface area contributed by atoms with Crippen molar-refractivity contribution in [2.75, 3.05) is 0 Å². The molecular weight excluding hydrogens is 238 g/mol. The quantitative estimate of drug-likeness (QED) is 0.718. The van der Waals surface area contributed by atoms with Crippen LogP contribution in [0.4, 0.5) is 0 Å². The molecule has 2 rings (SSSR count). The Bertz CT molecular complexity index is 485. The summed E-state index contributed by atoms with van der Waals surface area (Å²) in [6, 6.07) is 3.89. The van der Waals surface area contributed by atoms with Crippen molar-refractivity contribution in [3.05, 3.63) is 27.0 Å². The van der Waals surface area contributed by atoms with Crippen molar-refractivity contribution in [1.82, 2.24) is 4.98 Å². The molecule has 0 aliphatic rings. The van der Waals surface area contributed by atoms with Crippen molar-refractivity contribution in [1.29, 1.82) is 0 Å². The van der Waals surface area contributed by atoms with Crippen LogP contribution in [0.1, 0.15) is 5.56 Å². The zero-order valence-corrected chi connectivity index (χ0v) is 8.75. The number of benzene rings is 1. The first kappa shape index (κ1) is 8.01. The van der Waals surface area contributed by atoms with Crippen LogP contribution in [-0.2, 0) is 0 Å². The molecule has 0 saturated heterocycles. The molecule has 2 nitrogen and oxygen atoms in total. The van der Waals surface area contributed by atoms with Gasteiger partial charge in [0.15, 0.2) is 5.58 Å². The van der Waals surface area contributed by atoms with Crippen LogP contribution in [0.25, 0.3) is 11.1 Å². The van der Waals surface area contributed by atoms with E-state index in [1.165, 1.54) is 0 Å². The molecule has 0 amide bonds. The van der Waals surface area contributed by atoms with Crippen LogP contribution < -0.4 is 0 Å². The minimum Gasteiger partial charge on any atom is -0.429 e. The SMILES string of the molecule is Cc1ccc2oc(=S)[nH]c2c1Br. The number of rotatable bonds is 0. The third-order valence-corrected chi connectivity index (χ3v) is 2.93. The molecule has 1 N–H and O–H groups in total. The predicted octanol–water partition coefficient (Wildman–Crippen LogP) is 3.56. The van der Waals surface area contributed by atoms with E-state index in [0.717, 1.165) is 21.1 Å². The number of nitrogens with one attached hydrogen (secondary N) is 1. The van der Waals surface area contributed by atoms with Crippen LogP contribution in [0, 0.1) is 11.8 Å². The molecule has 0 atom stereocenters. The second-order valence-electron chi connectivity index (χ2n) is 2.58. The normalized spacial score (nSPS) is 10.8. The number of aromatic nitrogens is 1. The maximum atomic E-state index is 5.23. The van der Waals surface area contributed by atoms with Crippen molar-refractivity contribution in [3.8, 4) is 0 Å². The average Bonchev–Trinajstić information content (AvgIpc) is 2.39. The molecule has 0 aliphatic carbocycles. The minimum atomic E-state index is 0.413. The Morgan fingerprint density at radius 2 is 2.25 bits per heavy atom. The zero-order chi connectivity index (χ0) is 8.72. The van der Waals surface area contributed by atoms with Crippen molar-refractivity contribution in [3.63, 3.8) is 0 Å². The first-order chi connectivity index (χ1) is 5.68. The largest absolute Gasteiger partial charge is 0.429 e. The van der Waals surface area contributed by atoms with E-state index in [2.05, 4.69) is 20.9 Å². The summed E-state index contributed by atoms with van der Waals surface area (Å²) in [4.78, 5) is 3.38. The van der Waals surface area contributed by atoms with Crippen LogP contribution in [-0.4, -0.2) is 4.98 Å². The van der Waals surface area contributed by atoms with Crippen LogP contribution >= 0.6 is 28.1 Å². The molecule has 0 bridgehead atoms. The lowest BCUT2D eigenvalue weighted by atomic mass is 10.2. The van der Waals surface area contributed by atoms with E-state index in [1.807, 2.05) is 19.1 Å². The highest BCUT2D eigenvalue weighted by Crippen LogP contribution is 2.26. The van der Waals surface area contributed by atoms with E-state index in [0.29, 0.717) is 4.84 Å². The standard InChI is InChI=1S/C8H6BrNOS/c1-4-2-3-5-7(6(4)9)10-8(12)11-5/h2-3H,1H3,(H,10,12). The Hall–Kier alpha value is -0.610. The third kappa shape index (κ3) is 1.11. The fourth-order valence-corrected chi connectivity index (χ4v) is 1.71. The highest BCUT2D eigenvalue weighted by molar-refractivity contribution is 9.10. The van der Waals surface area contributed by atoms with Gasteiger partial charge in [0.1, 0.15) is 0 Å².